The molecule has 2 rings (SSSR count). The normalized spacial score (nSPS) is 11.7. The molecule has 1 amide bonds. The first-order valence-corrected chi connectivity index (χ1v) is 9.18. The van der Waals surface area contributed by atoms with Gasteiger partial charge in [0.25, 0.3) is 0 Å². The van der Waals surface area contributed by atoms with Crippen molar-refractivity contribution in [1.29, 1.82) is 0 Å². The van der Waals surface area contributed by atoms with Gasteiger partial charge in [-0.2, -0.15) is 0 Å². The summed E-state index contributed by atoms with van der Waals surface area (Å²) in [6.45, 7) is 2.02. The number of methoxy groups -OCH3 is 1. The van der Waals surface area contributed by atoms with E-state index in [2.05, 4.69) is 0 Å². The number of esters is 1. The van der Waals surface area contributed by atoms with Gasteiger partial charge in [-0.25, -0.2) is 4.79 Å². The van der Waals surface area contributed by atoms with Crippen LogP contribution in [0.15, 0.2) is 48.5 Å². The van der Waals surface area contributed by atoms with E-state index in [1.807, 2.05) is 31.2 Å². The Bertz CT molecular complexity index is 766. The van der Waals surface area contributed by atoms with Crippen LogP contribution in [-0.4, -0.2) is 31.8 Å². The van der Waals surface area contributed by atoms with Gasteiger partial charge in [0.1, 0.15) is 0 Å². The van der Waals surface area contributed by atoms with Crippen LogP contribution in [-0.2, 0) is 9.53 Å². The SMILES string of the molecule is COC(=O)c1ccccc1N(C)C(=O)CSC(C)c1ccccc1Cl. The number of ether oxygens (including phenoxy) is 1. The molecule has 0 saturated heterocycles. The summed E-state index contributed by atoms with van der Waals surface area (Å²) < 4.78 is 4.78. The summed E-state index contributed by atoms with van der Waals surface area (Å²) in [5.74, 6) is -0.286. The predicted molar refractivity (Wildman–Crippen MR) is 104 cm³/mol. The van der Waals surface area contributed by atoms with E-state index in [9.17, 15) is 9.59 Å². The monoisotopic (exact) mass is 377 g/mol. The lowest BCUT2D eigenvalue weighted by Crippen LogP contribution is -2.29. The van der Waals surface area contributed by atoms with E-state index in [4.69, 9.17) is 16.3 Å². The van der Waals surface area contributed by atoms with Gasteiger partial charge in [-0.1, -0.05) is 41.9 Å². The number of amides is 1. The Balaban J connectivity index is 2.06. The lowest BCUT2D eigenvalue weighted by atomic mass is 10.1. The van der Waals surface area contributed by atoms with Gasteiger partial charge in [0, 0.05) is 17.3 Å². The summed E-state index contributed by atoms with van der Waals surface area (Å²) in [6, 6.07) is 14.5. The number of carbonyl (C=O) groups excluding carboxylic acids is 2. The summed E-state index contributed by atoms with van der Waals surface area (Å²) in [6.07, 6.45) is 0. The number of nitrogens with zero attached hydrogens (tertiary/aromatic N) is 1. The molecule has 2 aromatic rings. The molecule has 1 atom stereocenters. The van der Waals surface area contributed by atoms with E-state index in [1.54, 1.807) is 31.3 Å². The average molecular weight is 378 g/mol. The Hall–Kier alpha value is -1.98. The fourth-order valence-electron chi connectivity index (χ4n) is 2.37. The van der Waals surface area contributed by atoms with Crippen molar-refractivity contribution in [3.8, 4) is 0 Å². The zero-order chi connectivity index (χ0) is 18.4. The number of thioether (sulfide) groups is 1. The van der Waals surface area contributed by atoms with Gasteiger partial charge in [0.15, 0.2) is 0 Å². The molecule has 0 N–H and O–H groups in total. The maximum absolute atomic E-state index is 12.5. The predicted octanol–water partition coefficient (Wildman–Crippen LogP) is 4.58. The molecular weight excluding hydrogens is 358 g/mol. The van der Waals surface area contributed by atoms with Crippen molar-refractivity contribution >= 4 is 40.9 Å². The molecular formula is C19H20ClNO3S. The summed E-state index contributed by atoms with van der Waals surface area (Å²) >= 11 is 7.71. The van der Waals surface area contributed by atoms with E-state index in [-0.39, 0.29) is 16.9 Å². The van der Waals surface area contributed by atoms with Gasteiger partial charge in [-0.15, -0.1) is 11.8 Å². The minimum atomic E-state index is -0.465. The van der Waals surface area contributed by atoms with Crippen molar-refractivity contribution in [1.82, 2.24) is 0 Å². The third kappa shape index (κ3) is 4.77. The van der Waals surface area contributed by atoms with E-state index in [1.165, 1.54) is 23.8 Å². The highest BCUT2D eigenvalue weighted by molar-refractivity contribution is 8.00. The van der Waals surface area contributed by atoms with Gasteiger partial charge in [0.05, 0.1) is 24.1 Å². The second kappa shape index (κ2) is 8.92. The molecule has 0 spiro atoms. The number of hydrogen-bond acceptors (Lipinski definition) is 4. The number of rotatable bonds is 6. The molecule has 1 unspecified atom stereocenters. The van der Waals surface area contributed by atoms with Crippen molar-refractivity contribution in [2.45, 2.75) is 12.2 Å². The van der Waals surface area contributed by atoms with Crippen LogP contribution in [0, 0.1) is 0 Å². The van der Waals surface area contributed by atoms with Gasteiger partial charge < -0.3 is 9.64 Å². The van der Waals surface area contributed by atoms with Crippen LogP contribution in [0.1, 0.15) is 28.1 Å². The van der Waals surface area contributed by atoms with Crippen molar-refractivity contribution in [3.63, 3.8) is 0 Å². The molecule has 0 fully saturated rings. The van der Waals surface area contributed by atoms with Crippen LogP contribution in [0.3, 0.4) is 0 Å². The van der Waals surface area contributed by atoms with Crippen LogP contribution >= 0.6 is 23.4 Å². The van der Waals surface area contributed by atoms with Crippen molar-refractivity contribution in [2.75, 3.05) is 24.8 Å². The largest absolute Gasteiger partial charge is 0.465 e. The second-order valence-corrected chi connectivity index (χ2v) is 7.17. The maximum atomic E-state index is 12.5. The van der Waals surface area contributed by atoms with Crippen molar-refractivity contribution < 1.29 is 14.3 Å². The molecule has 0 bridgehead atoms. The number of anilines is 1. The standard InChI is InChI=1S/C19H20ClNO3S/c1-13(14-8-4-6-10-16(14)20)25-12-18(22)21(2)17-11-7-5-9-15(17)19(23)24-3/h4-11,13H,12H2,1-3H3. The van der Waals surface area contributed by atoms with E-state index >= 15 is 0 Å². The first kappa shape index (κ1) is 19.3. The number of hydrogen-bond donors (Lipinski definition) is 0. The van der Waals surface area contributed by atoms with E-state index in [0.29, 0.717) is 16.3 Å². The van der Waals surface area contributed by atoms with Crippen LogP contribution in [0.4, 0.5) is 5.69 Å². The van der Waals surface area contributed by atoms with E-state index < -0.39 is 5.97 Å². The van der Waals surface area contributed by atoms with Gasteiger partial charge in [-0.05, 0) is 30.7 Å². The Kier molecular flexibility index (Phi) is 6.91. The zero-order valence-corrected chi connectivity index (χ0v) is 15.9. The number of benzene rings is 2. The van der Waals surface area contributed by atoms with Crippen molar-refractivity contribution in [3.05, 3.63) is 64.7 Å². The second-order valence-electron chi connectivity index (χ2n) is 5.44. The summed E-state index contributed by atoms with van der Waals surface area (Å²) in [4.78, 5) is 25.9. The fraction of sp³-hybridized carbons (Fsp3) is 0.263. The summed E-state index contributed by atoms with van der Waals surface area (Å²) in [5.41, 5.74) is 1.90. The summed E-state index contributed by atoms with van der Waals surface area (Å²) in [5, 5.41) is 0.779. The van der Waals surface area contributed by atoms with Gasteiger partial charge in [-0.3, -0.25) is 4.79 Å². The Labute approximate surface area is 157 Å². The first-order chi connectivity index (χ1) is 12.0. The van der Waals surface area contributed by atoms with E-state index in [0.717, 1.165) is 5.56 Å². The Morgan fingerprint density at radius 2 is 1.80 bits per heavy atom. The number of para-hydroxylation sites is 1. The molecule has 6 heteroatoms. The quantitative estimate of drug-likeness (QED) is 0.691. The smallest absolute Gasteiger partial charge is 0.339 e. The van der Waals surface area contributed by atoms with Gasteiger partial charge >= 0.3 is 5.97 Å². The molecule has 0 saturated carbocycles. The molecule has 0 aliphatic carbocycles. The highest BCUT2D eigenvalue weighted by atomic mass is 35.5. The molecule has 2 aromatic carbocycles. The molecule has 0 aromatic heterocycles. The van der Waals surface area contributed by atoms with Crippen molar-refractivity contribution in [2.24, 2.45) is 0 Å². The molecule has 132 valence electrons. The third-order valence-electron chi connectivity index (χ3n) is 3.84. The minimum Gasteiger partial charge on any atom is -0.465 e. The first-order valence-electron chi connectivity index (χ1n) is 7.75. The molecule has 0 heterocycles. The highest BCUT2D eigenvalue weighted by Crippen LogP contribution is 2.33. The fourth-order valence-corrected chi connectivity index (χ4v) is 3.71. The van der Waals surface area contributed by atoms with Crippen LogP contribution < -0.4 is 4.90 Å². The number of carbonyl (C=O) groups is 2. The molecule has 25 heavy (non-hydrogen) atoms. The maximum Gasteiger partial charge on any atom is 0.339 e. The molecule has 0 radical (unpaired) electrons. The Morgan fingerprint density at radius 1 is 1.16 bits per heavy atom. The number of halogens is 1. The highest BCUT2D eigenvalue weighted by Gasteiger charge is 2.20. The summed E-state index contributed by atoms with van der Waals surface area (Å²) in [7, 11) is 2.98. The topological polar surface area (TPSA) is 46.6 Å². The zero-order valence-electron chi connectivity index (χ0n) is 14.4. The molecule has 0 aliphatic heterocycles. The average Bonchev–Trinajstić information content (AvgIpc) is 2.64. The van der Waals surface area contributed by atoms with Crippen LogP contribution in [0.2, 0.25) is 5.02 Å². The van der Waals surface area contributed by atoms with Crippen LogP contribution in [0.5, 0.6) is 0 Å². The lowest BCUT2D eigenvalue weighted by molar-refractivity contribution is -0.115. The third-order valence-corrected chi connectivity index (χ3v) is 5.36. The molecule has 0 aliphatic rings. The Morgan fingerprint density at radius 3 is 2.48 bits per heavy atom. The minimum absolute atomic E-state index is 0.0851. The molecule has 4 nitrogen and oxygen atoms in total. The lowest BCUT2D eigenvalue weighted by Gasteiger charge is -2.21. The van der Waals surface area contributed by atoms with Gasteiger partial charge in [0.2, 0.25) is 5.91 Å². The van der Waals surface area contributed by atoms with Crippen LogP contribution in [0.25, 0.3) is 0 Å².